The molecule has 3 aromatic carbocycles. The molecule has 2 fully saturated rings. The van der Waals surface area contributed by atoms with Gasteiger partial charge in [0.2, 0.25) is 0 Å². The predicted octanol–water partition coefficient (Wildman–Crippen LogP) is 8.39. The summed E-state index contributed by atoms with van der Waals surface area (Å²) in [4.78, 5) is 53.7. The molecule has 0 spiro atoms. The molecule has 5 aromatic rings. The molecule has 12 nitrogen and oxygen atoms in total. The number of hydrogen-bond acceptors (Lipinski definition) is 12. The number of unbranched alkanes of at least 4 members (excludes halogenated alkanes) is 1. The Bertz CT molecular complexity index is 2300. The number of piperidine rings is 1. The minimum atomic E-state index is -0.477. The maximum absolute atomic E-state index is 13.8. The lowest BCUT2D eigenvalue weighted by Gasteiger charge is -2.38. The highest BCUT2D eigenvalue weighted by Crippen LogP contribution is 2.38. The zero-order valence-electron chi connectivity index (χ0n) is 34.6. The van der Waals surface area contributed by atoms with Crippen LogP contribution in [0.2, 0.25) is 0 Å². The molecule has 3 aliphatic heterocycles. The number of thiazole rings is 1. The van der Waals surface area contributed by atoms with E-state index in [1.807, 2.05) is 80.6 Å². The van der Waals surface area contributed by atoms with E-state index in [4.69, 9.17) is 23.9 Å². The minimum absolute atomic E-state index is 0.129. The number of carbonyl (C=O) groups is 3. The Morgan fingerprint density at radius 1 is 0.867 bits per heavy atom. The molecule has 1 N–H and O–H groups in total. The van der Waals surface area contributed by atoms with Crippen LogP contribution >= 0.6 is 11.3 Å². The van der Waals surface area contributed by atoms with Gasteiger partial charge in [0.25, 0.3) is 5.91 Å². The molecule has 0 aliphatic carbocycles. The molecule has 0 radical (unpaired) electrons. The second-order valence-electron chi connectivity index (χ2n) is 15.7. The van der Waals surface area contributed by atoms with E-state index in [-0.39, 0.29) is 23.7 Å². The van der Waals surface area contributed by atoms with E-state index >= 15 is 0 Å². The van der Waals surface area contributed by atoms with Crippen molar-refractivity contribution in [3.8, 4) is 16.9 Å². The fourth-order valence-corrected chi connectivity index (χ4v) is 9.72. The Balaban J connectivity index is 0.958. The molecule has 1 amide bonds. The van der Waals surface area contributed by atoms with Crippen molar-refractivity contribution in [1.82, 2.24) is 14.9 Å². The Morgan fingerprint density at radius 3 is 2.48 bits per heavy atom. The van der Waals surface area contributed by atoms with E-state index in [9.17, 15) is 14.4 Å². The van der Waals surface area contributed by atoms with Crippen LogP contribution in [0.4, 0.5) is 10.9 Å². The highest BCUT2D eigenvalue weighted by atomic mass is 32.1. The lowest BCUT2D eigenvalue weighted by atomic mass is 9.94. The van der Waals surface area contributed by atoms with Crippen molar-refractivity contribution in [2.24, 2.45) is 0 Å². The molecule has 314 valence electrons. The van der Waals surface area contributed by atoms with Gasteiger partial charge in [0.15, 0.2) is 10.8 Å². The van der Waals surface area contributed by atoms with Gasteiger partial charge >= 0.3 is 11.9 Å². The van der Waals surface area contributed by atoms with Crippen molar-refractivity contribution in [1.29, 1.82) is 0 Å². The highest BCUT2D eigenvalue weighted by Gasteiger charge is 2.42. The van der Waals surface area contributed by atoms with Crippen LogP contribution in [0, 0.1) is 6.92 Å². The number of amides is 1. The largest absolute Gasteiger partial charge is 0.491 e. The van der Waals surface area contributed by atoms with Gasteiger partial charge in [-0.05, 0) is 111 Å². The summed E-state index contributed by atoms with van der Waals surface area (Å²) in [7, 11) is 0. The molecule has 13 heteroatoms. The Kier molecular flexibility index (Phi) is 13.0. The van der Waals surface area contributed by atoms with Crippen molar-refractivity contribution in [3.63, 3.8) is 0 Å². The number of carbonyl (C=O) groups excluding carboxylic acids is 3. The minimum Gasteiger partial charge on any atom is -0.491 e. The van der Waals surface area contributed by atoms with E-state index in [0.717, 1.165) is 77.4 Å². The van der Waals surface area contributed by atoms with Gasteiger partial charge in [-0.15, -0.1) is 0 Å². The lowest BCUT2D eigenvalue weighted by Crippen LogP contribution is -2.48. The third kappa shape index (κ3) is 9.18. The zero-order chi connectivity index (χ0) is 41.6. The summed E-state index contributed by atoms with van der Waals surface area (Å²) in [6.07, 6.45) is 6.45. The Hall–Kier alpha value is -5.37. The summed E-state index contributed by atoms with van der Waals surface area (Å²) >= 11 is 1.45. The van der Waals surface area contributed by atoms with Crippen LogP contribution in [0.5, 0.6) is 5.75 Å². The van der Waals surface area contributed by atoms with Crippen LogP contribution in [0.15, 0.2) is 72.8 Å². The molecule has 8 rings (SSSR count). The molecule has 0 unspecified atom stereocenters. The predicted molar refractivity (Wildman–Crippen MR) is 233 cm³/mol. The Morgan fingerprint density at radius 2 is 1.68 bits per heavy atom. The second-order valence-corrected chi connectivity index (χ2v) is 16.7. The average Bonchev–Trinajstić information content (AvgIpc) is 3.76. The first-order valence-electron chi connectivity index (χ1n) is 21.3. The summed E-state index contributed by atoms with van der Waals surface area (Å²) in [6.45, 7) is 8.89. The number of nitrogens with zero attached hydrogens (tertiary/aromatic N) is 4. The average molecular weight is 832 g/mol. The molecule has 3 aliphatic rings. The number of aromatic nitrogens is 2. The number of anilines is 2. The number of nitrogens with one attached hydrogen (secondary N) is 1. The molecule has 60 heavy (non-hydrogen) atoms. The molecule has 5 heterocycles. The van der Waals surface area contributed by atoms with Gasteiger partial charge in [0.1, 0.15) is 18.2 Å². The summed E-state index contributed by atoms with van der Waals surface area (Å²) in [5.41, 5.74) is 6.10. The first kappa shape index (κ1) is 41.4. The zero-order valence-corrected chi connectivity index (χ0v) is 35.4. The van der Waals surface area contributed by atoms with Gasteiger partial charge in [-0.1, -0.05) is 61.1 Å². The maximum Gasteiger partial charge on any atom is 0.357 e. The van der Waals surface area contributed by atoms with Gasteiger partial charge < -0.3 is 23.8 Å². The number of pyridine rings is 1. The number of esters is 2. The monoisotopic (exact) mass is 831 g/mol. The van der Waals surface area contributed by atoms with E-state index in [2.05, 4.69) is 33.1 Å². The molecule has 2 saturated heterocycles. The molecule has 2 aromatic heterocycles. The quantitative estimate of drug-likeness (QED) is 0.0760. The van der Waals surface area contributed by atoms with Crippen LogP contribution in [0.25, 0.3) is 21.3 Å². The number of para-hydroxylation sites is 1. The summed E-state index contributed by atoms with van der Waals surface area (Å²) in [5.74, 6) is 0.504. The van der Waals surface area contributed by atoms with E-state index < -0.39 is 5.97 Å². The van der Waals surface area contributed by atoms with E-state index in [1.165, 1.54) is 11.3 Å². The number of hydrogen-bond donors (Lipinski definition) is 1. The van der Waals surface area contributed by atoms with E-state index in [1.54, 1.807) is 0 Å². The van der Waals surface area contributed by atoms with Crippen LogP contribution < -0.4 is 15.0 Å². The number of fused-ring (bicyclic) bond motifs is 4. The standard InChI is InChI=1S/C47H53N5O7S/c1-4-6-23-59-46(55)44-36(35-12-10-15-40(30(35)3)58-25-24-57-34-26-32-17-18-33(27-34)52(32)29-43(53)56-5-2)19-20-42(49-44)51-22-21-31-11-9-13-37(38(31)28-51)45(54)50-47-48-39-14-7-8-16-41(39)60-47/h7-16,19-20,32-34H,4-6,17-18,21-29H2,1-3H3,(H,48,50,54)/t32-,33+,34-. The lowest BCUT2D eigenvalue weighted by molar-refractivity contribution is -0.146. The van der Waals surface area contributed by atoms with Crippen LogP contribution in [0.3, 0.4) is 0 Å². The van der Waals surface area contributed by atoms with Crippen molar-refractivity contribution in [3.05, 3.63) is 101 Å². The summed E-state index contributed by atoms with van der Waals surface area (Å²) < 4.78 is 24.6. The first-order chi connectivity index (χ1) is 29.3. The van der Waals surface area contributed by atoms with Gasteiger partial charge in [-0.2, -0.15) is 0 Å². The van der Waals surface area contributed by atoms with Crippen molar-refractivity contribution in [2.75, 3.05) is 49.7 Å². The third-order valence-electron chi connectivity index (χ3n) is 11.9. The van der Waals surface area contributed by atoms with Gasteiger partial charge in [0.05, 0.1) is 42.7 Å². The topological polar surface area (TPSA) is 132 Å². The van der Waals surface area contributed by atoms with Gasteiger partial charge in [-0.25, -0.2) is 14.8 Å². The smallest absolute Gasteiger partial charge is 0.357 e. The molecular weight excluding hydrogens is 779 g/mol. The third-order valence-corrected chi connectivity index (χ3v) is 12.8. The van der Waals surface area contributed by atoms with Gasteiger partial charge in [-0.3, -0.25) is 19.8 Å². The normalized spacial score (nSPS) is 18.6. The molecule has 0 saturated carbocycles. The second kappa shape index (κ2) is 18.9. The van der Waals surface area contributed by atoms with Crippen LogP contribution in [0.1, 0.15) is 89.9 Å². The SMILES string of the molecule is CCCCOC(=O)c1nc(N2CCc3cccc(C(=O)Nc4nc5ccccc5s4)c3C2)ccc1-c1cccc(OCCO[C@@H]2C[C@H]3CC[C@@H](C2)N3CC(=O)OCC)c1C. The van der Waals surface area contributed by atoms with Gasteiger partial charge in [0, 0.05) is 36.3 Å². The van der Waals surface area contributed by atoms with E-state index in [0.29, 0.717) is 86.0 Å². The van der Waals surface area contributed by atoms with Crippen LogP contribution in [-0.4, -0.2) is 90.4 Å². The number of rotatable bonds is 16. The summed E-state index contributed by atoms with van der Waals surface area (Å²) in [6, 6.07) is 24.1. The summed E-state index contributed by atoms with van der Waals surface area (Å²) in [5, 5.41) is 3.58. The highest BCUT2D eigenvalue weighted by molar-refractivity contribution is 7.22. The van der Waals surface area contributed by atoms with Crippen molar-refractivity contribution < 1.29 is 33.3 Å². The van der Waals surface area contributed by atoms with Crippen molar-refractivity contribution in [2.45, 2.75) is 90.4 Å². The number of benzene rings is 3. The molecule has 3 atom stereocenters. The fourth-order valence-electron chi connectivity index (χ4n) is 8.86. The Labute approximate surface area is 355 Å². The first-order valence-corrected chi connectivity index (χ1v) is 22.1. The molecular formula is C47H53N5O7S. The van der Waals surface area contributed by atoms with Crippen molar-refractivity contribution >= 4 is 50.3 Å². The maximum atomic E-state index is 13.8. The van der Waals surface area contributed by atoms with Crippen LogP contribution in [-0.2, 0) is 32.0 Å². The molecule has 2 bridgehead atoms. The number of ether oxygens (including phenoxy) is 4. The fraction of sp³-hybridized carbons (Fsp3) is 0.426.